The maximum absolute atomic E-state index is 10.8. The molecule has 0 bridgehead atoms. The number of furan rings is 1. The van der Waals surface area contributed by atoms with Gasteiger partial charge >= 0.3 is 5.97 Å². The second-order valence-electron chi connectivity index (χ2n) is 9.72. The summed E-state index contributed by atoms with van der Waals surface area (Å²) >= 11 is 0. The maximum Gasteiger partial charge on any atom is 0.328 e. The SMILES string of the molecule is CC1(C)CCC(C)(C)c2cc([C@H]3CCCc4oc(/C=C/C(=O)O)cc43)ccc21. The van der Waals surface area contributed by atoms with Crippen molar-refractivity contribution in [1.82, 2.24) is 0 Å². The van der Waals surface area contributed by atoms with Crippen LogP contribution in [0.5, 0.6) is 0 Å². The number of hydrogen-bond acceptors (Lipinski definition) is 2. The molecule has 1 N–H and O–H groups in total. The van der Waals surface area contributed by atoms with E-state index in [2.05, 4.69) is 45.9 Å². The van der Waals surface area contributed by atoms with Crippen LogP contribution in [0, 0.1) is 0 Å². The molecule has 0 saturated heterocycles. The largest absolute Gasteiger partial charge is 0.478 e. The van der Waals surface area contributed by atoms with Gasteiger partial charge in [-0.15, -0.1) is 0 Å². The first kappa shape index (κ1) is 19.0. The number of carboxylic acid groups (broad SMARTS) is 1. The lowest BCUT2D eigenvalue weighted by atomic mass is 9.62. The van der Waals surface area contributed by atoms with E-state index in [-0.39, 0.29) is 10.8 Å². The predicted octanol–water partition coefficient (Wildman–Crippen LogP) is 6.19. The van der Waals surface area contributed by atoms with Crippen LogP contribution < -0.4 is 0 Å². The Bertz CT molecular complexity index is 943. The van der Waals surface area contributed by atoms with E-state index >= 15 is 0 Å². The normalized spacial score (nSPS) is 22.6. The summed E-state index contributed by atoms with van der Waals surface area (Å²) < 4.78 is 5.94. The van der Waals surface area contributed by atoms with Crippen molar-refractivity contribution < 1.29 is 14.3 Å². The topological polar surface area (TPSA) is 50.4 Å². The van der Waals surface area contributed by atoms with E-state index in [1.807, 2.05) is 6.07 Å². The Kier molecular flexibility index (Phi) is 4.52. The highest BCUT2D eigenvalue weighted by atomic mass is 16.4. The molecule has 0 fully saturated rings. The lowest BCUT2D eigenvalue weighted by Gasteiger charge is -2.42. The van der Waals surface area contributed by atoms with Gasteiger partial charge in [0, 0.05) is 24.0 Å². The van der Waals surface area contributed by atoms with Crippen LogP contribution in [0.3, 0.4) is 0 Å². The van der Waals surface area contributed by atoms with Gasteiger partial charge in [-0.2, -0.15) is 0 Å². The van der Waals surface area contributed by atoms with Crippen LogP contribution in [0.2, 0.25) is 0 Å². The lowest BCUT2D eigenvalue weighted by Crippen LogP contribution is -2.34. The number of carboxylic acids is 1. The van der Waals surface area contributed by atoms with Crippen molar-refractivity contribution in [1.29, 1.82) is 0 Å². The standard InChI is InChI=1S/C25H30O3/c1-24(2)12-13-25(3,4)21-14-16(8-10-20(21)24)18-6-5-7-22-19(18)15-17(28-22)9-11-23(26)27/h8-11,14-15,18H,5-7,12-13H2,1-4H3,(H,26,27)/b11-9+/t18-/m1/s1. The van der Waals surface area contributed by atoms with Gasteiger partial charge in [-0.05, 0) is 65.3 Å². The van der Waals surface area contributed by atoms with Gasteiger partial charge in [0.1, 0.15) is 11.5 Å². The second-order valence-corrected chi connectivity index (χ2v) is 9.72. The maximum atomic E-state index is 10.8. The van der Waals surface area contributed by atoms with E-state index in [0.717, 1.165) is 31.1 Å². The summed E-state index contributed by atoms with van der Waals surface area (Å²) in [5, 5.41) is 8.88. The summed E-state index contributed by atoms with van der Waals surface area (Å²) in [5.74, 6) is 1.02. The van der Waals surface area contributed by atoms with Gasteiger partial charge in [0.15, 0.2) is 0 Å². The molecule has 148 valence electrons. The molecular formula is C25H30O3. The average molecular weight is 379 g/mol. The van der Waals surface area contributed by atoms with Gasteiger partial charge in [0.2, 0.25) is 0 Å². The summed E-state index contributed by atoms with van der Waals surface area (Å²) in [5.41, 5.74) is 5.99. The zero-order valence-corrected chi connectivity index (χ0v) is 17.3. The van der Waals surface area contributed by atoms with Gasteiger partial charge in [-0.25, -0.2) is 4.79 Å². The predicted molar refractivity (Wildman–Crippen MR) is 112 cm³/mol. The number of aryl methyl sites for hydroxylation is 1. The van der Waals surface area contributed by atoms with E-state index in [0.29, 0.717) is 11.7 Å². The number of carbonyl (C=O) groups is 1. The van der Waals surface area contributed by atoms with Crippen LogP contribution in [0.25, 0.3) is 6.08 Å². The number of aliphatic carboxylic acids is 1. The highest BCUT2D eigenvalue weighted by Gasteiger charge is 2.37. The van der Waals surface area contributed by atoms with Crippen molar-refractivity contribution >= 4 is 12.0 Å². The fourth-order valence-corrected chi connectivity index (χ4v) is 4.98. The molecule has 28 heavy (non-hydrogen) atoms. The first-order valence-corrected chi connectivity index (χ1v) is 10.4. The van der Waals surface area contributed by atoms with Gasteiger partial charge < -0.3 is 9.52 Å². The minimum Gasteiger partial charge on any atom is -0.478 e. The Morgan fingerprint density at radius 1 is 1.11 bits per heavy atom. The van der Waals surface area contributed by atoms with Crippen LogP contribution in [-0.2, 0) is 22.0 Å². The highest BCUT2D eigenvalue weighted by molar-refractivity contribution is 5.84. The number of hydrogen-bond donors (Lipinski definition) is 1. The molecular weight excluding hydrogens is 348 g/mol. The first-order chi connectivity index (χ1) is 13.2. The minimum atomic E-state index is -0.953. The van der Waals surface area contributed by atoms with E-state index in [1.54, 1.807) is 6.08 Å². The molecule has 1 aromatic heterocycles. The van der Waals surface area contributed by atoms with Crippen LogP contribution in [0.4, 0.5) is 0 Å². The van der Waals surface area contributed by atoms with E-state index in [4.69, 9.17) is 9.52 Å². The molecule has 4 rings (SSSR count). The average Bonchev–Trinajstić information content (AvgIpc) is 3.07. The third kappa shape index (κ3) is 3.32. The molecule has 0 radical (unpaired) electrons. The third-order valence-corrected chi connectivity index (χ3v) is 6.80. The quantitative estimate of drug-likeness (QED) is 0.647. The minimum absolute atomic E-state index is 0.199. The molecule has 0 amide bonds. The fraction of sp³-hybridized carbons (Fsp3) is 0.480. The molecule has 0 spiro atoms. The van der Waals surface area contributed by atoms with E-state index < -0.39 is 5.97 Å². The molecule has 3 nitrogen and oxygen atoms in total. The first-order valence-electron chi connectivity index (χ1n) is 10.4. The number of fused-ring (bicyclic) bond motifs is 2. The van der Waals surface area contributed by atoms with Crippen molar-refractivity contribution in [2.75, 3.05) is 0 Å². The zero-order valence-electron chi connectivity index (χ0n) is 17.3. The van der Waals surface area contributed by atoms with Crippen molar-refractivity contribution in [3.63, 3.8) is 0 Å². The van der Waals surface area contributed by atoms with Crippen LogP contribution in [0.15, 0.2) is 34.8 Å². The molecule has 1 heterocycles. The van der Waals surface area contributed by atoms with Gasteiger partial charge in [0.25, 0.3) is 0 Å². The zero-order chi connectivity index (χ0) is 20.1. The van der Waals surface area contributed by atoms with E-state index in [9.17, 15) is 4.79 Å². The van der Waals surface area contributed by atoms with Gasteiger partial charge in [-0.1, -0.05) is 45.9 Å². The van der Waals surface area contributed by atoms with Crippen molar-refractivity contribution in [2.45, 2.75) is 76.5 Å². The Hall–Kier alpha value is -2.29. The molecule has 1 atom stereocenters. The van der Waals surface area contributed by atoms with Crippen molar-refractivity contribution in [2.24, 2.45) is 0 Å². The fourth-order valence-electron chi connectivity index (χ4n) is 4.98. The van der Waals surface area contributed by atoms with Crippen LogP contribution >= 0.6 is 0 Å². The van der Waals surface area contributed by atoms with Crippen LogP contribution in [0.1, 0.15) is 93.1 Å². The number of benzene rings is 1. The number of rotatable bonds is 3. The van der Waals surface area contributed by atoms with Gasteiger partial charge in [-0.3, -0.25) is 0 Å². The molecule has 2 aliphatic carbocycles. The molecule has 0 unspecified atom stereocenters. The molecule has 3 heteroatoms. The summed E-state index contributed by atoms with van der Waals surface area (Å²) in [4.78, 5) is 10.8. The molecule has 1 aromatic carbocycles. The smallest absolute Gasteiger partial charge is 0.328 e. The molecule has 2 aromatic rings. The summed E-state index contributed by atoms with van der Waals surface area (Å²) in [6, 6.07) is 9.13. The molecule has 0 aliphatic heterocycles. The monoisotopic (exact) mass is 378 g/mol. The van der Waals surface area contributed by atoms with Crippen LogP contribution in [-0.4, -0.2) is 11.1 Å². The summed E-state index contributed by atoms with van der Waals surface area (Å²) in [6.45, 7) is 9.45. The Morgan fingerprint density at radius 3 is 2.54 bits per heavy atom. The highest BCUT2D eigenvalue weighted by Crippen LogP contribution is 2.48. The second kappa shape index (κ2) is 6.65. The molecule has 2 aliphatic rings. The Labute approximate surface area is 167 Å². The molecule has 0 saturated carbocycles. The van der Waals surface area contributed by atoms with Gasteiger partial charge in [0.05, 0.1) is 0 Å². The lowest BCUT2D eigenvalue weighted by molar-refractivity contribution is -0.131. The van der Waals surface area contributed by atoms with Crippen molar-refractivity contribution in [3.8, 4) is 0 Å². The Balaban J connectivity index is 1.75. The third-order valence-electron chi connectivity index (χ3n) is 6.80. The Morgan fingerprint density at radius 2 is 1.82 bits per heavy atom. The van der Waals surface area contributed by atoms with E-state index in [1.165, 1.54) is 35.1 Å². The summed E-state index contributed by atoms with van der Waals surface area (Å²) in [6.07, 6.45) is 8.26. The van der Waals surface area contributed by atoms with Crippen molar-refractivity contribution in [3.05, 3.63) is 64.1 Å². The summed E-state index contributed by atoms with van der Waals surface area (Å²) in [7, 11) is 0.